The van der Waals surface area contributed by atoms with Gasteiger partial charge in [-0.2, -0.15) is 4.72 Å². The summed E-state index contributed by atoms with van der Waals surface area (Å²) in [5.41, 5.74) is 0.415. The first-order chi connectivity index (χ1) is 21.6. The number of rotatable bonds is 17. The number of aliphatic carboxylic acids is 1. The van der Waals surface area contributed by atoms with Gasteiger partial charge < -0.3 is 15.2 Å². The van der Waals surface area contributed by atoms with Crippen molar-refractivity contribution < 1.29 is 45.9 Å². The Morgan fingerprint density at radius 3 is 2.28 bits per heavy atom. The lowest BCUT2D eigenvalue weighted by atomic mass is 10.1. The molecule has 46 heavy (non-hydrogen) atoms. The molecule has 0 unspecified atom stereocenters. The maximum Gasteiger partial charge on any atom is 0.341 e. The molecule has 0 fully saturated rings. The number of ketones is 1. The van der Waals surface area contributed by atoms with Crippen LogP contribution in [0.15, 0.2) is 63.7 Å². The minimum Gasteiger partial charge on any atom is -0.481 e. The van der Waals surface area contributed by atoms with Crippen molar-refractivity contribution in [2.45, 2.75) is 27.3 Å². The Hall–Kier alpha value is -2.64. The van der Waals surface area contributed by atoms with Crippen LogP contribution >= 0.6 is 56.1 Å². The first-order valence-corrected chi connectivity index (χ1v) is 20.3. The Morgan fingerprint density at radius 2 is 1.65 bits per heavy atom. The van der Waals surface area contributed by atoms with Crippen LogP contribution in [0, 0.1) is 0 Å². The standard InChI is InChI=1S/C27H26Cl2N2O10S5/c1-45(37,38)24-9-8-22(44-24)26(35)30-10-11-42-43-15-16-4-2-5-17(12-16)46(39,40)31-20(13-23(33)34)21(32)14-41-27(36)25-18(28)6-3-7-19(25)29/h2-9,12,20,31H,10-11,13-15H2,1H3,(H,30,35)(H,33,34)/t20-/m0/s1. The van der Waals surface area contributed by atoms with Crippen LogP contribution in [-0.2, 0) is 39.9 Å². The highest BCUT2D eigenvalue weighted by atomic mass is 35.5. The van der Waals surface area contributed by atoms with Gasteiger partial charge in [0.05, 0.1) is 37.8 Å². The van der Waals surface area contributed by atoms with Gasteiger partial charge in [0, 0.05) is 24.3 Å². The zero-order valence-electron chi connectivity index (χ0n) is 23.7. The summed E-state index contributed by atoms with van der Waals surface area (Å²) >= 11 is 12.8. The quantitative estimate of drug-likeness (QED) is 0.100. The van der Waals surface area contributed by atoms with Crippen molar-refractivity contribution >= 4 is 99.6 Å². The third kappa shape index (κ3) is 11.3. The second-order valence-corrected chi connectivity index (χ2v) is 17.7. The zero-order valence-corrected chi connectivity index (χ0v) is 29.3. The number of sulfonamides is 1. The Bertz CT molecular complexity index is 1810. The molecule has 248 valence electrons. The van der Waals surface area contributed by atoms with E-state index in [1.54, 1.807) is 6.07 Å². The van der Waals surface area contributed by atoms with Gasteiger partial charge >= 0.3 is 11.9 Å². The molecule has 1 atom stereocenters. The van der Waals surface area contributed by atoms with E-state index in [-0.39, 0.29) is 29.6 Å². The average Bonchev–Trinajstić information content (AvgIpc) is 3.49. The molecule has 0 aliphatic heterocycles. The number of carboxylic acids is 1. The summed E-state index contributed by atoms with van der Waals surface area (Å²) in [6.07, 6.45) is 0.160. The van der Waals surface area contributed by atoms with Crippen LogP contribution in [0.25, 0.3) is 0 Å². The fourth-order valence-electron chi connectivity index (χ4n) is 3.56. The third-order valence-electron chi connectivity index (χ3n) is 5.74. The molecule has 19 heteroatoms. The molecule has 2 aromatic carbocycles. The van der Waals surface area contributed by atoms with Crippen molar-refractivity contribution in [3.05, 3.63) is 80.6 Å². The van der Waals surface area contributed by atoms with Gasteiger partial charge in [-0.25, -0.2) is 21.6 Å². The Balaban J connectivity index is 1.53. The van der Waals surface area contributed by atoms with E-state index in [9.17, 15) is 41.1 Å². The Kier molecular flexibility index (Phi) is 13.9. The molecular formula is C27H26Cl2N2O10S5. The molecule has 1 aromatic heterocycles. The van der Waals surface area contributed by atoms with Crippen molar-refractivity contribution in [2.75, 3.05) is 25.2 Å². The van der Waals surface area contributed by atoms with Crippen LogP contribution < -0.4 is 10.0 Å². The first-order valence-electron chi connectivity index (χ1n) is 12.9. The molecule has 12 nitrogen and oxygen atoms in total. The number of hydrogen-bond donors (Lipinski definition) is 3. The number of esters is 1. The van der Waals surface area contributed by atoms with Crippen LogP contribution in [0.4, 0.5) is 0 Å². The van der Waals surface area contributed by atoms with Crippen molar-refractivity contribution in [3.63, 3.8) is 0 Å². The van der Waals surface area contributed by atoms with Crippen LogP contribution in [0.1, 0.15) is 32.0 Å². The van der Waals surface area contributed by atoms with Gasteiger partial charge in [0.1, 0.15) is 4.21 Å². The zero-order chi connectivity index (χ0) is 34.1. The molecule has 1 amide bonds. The second kappa shape index (κ2) is 17.0. The summed E-state index contributed by atoms with van der Waals surface area (Å²) in [5.74, 6) is -3.02. The monoisotopic (exact) mass is 768 g/mol. The summed E-state index contributed by atoms with van der Waals surface area (Å²) in [5, 5.41) is 11.9. The van der Waals surface area contributed by atoms with E-state index in [1.807, 2.05) is 0 Å². The largest absolute Gasteiger partial charge is 0.481 e. The fraction of sp³-hybridized carbons (Fsp3) is 0.259. The lowest BCUT2D eigenvalue weighted by Crippen LogP contribution is -2.44. The maximum atomic E-state index is 13.1. The smallest absolute Gasteiger partial charge is 0.341 e. The lowest BCUT2D eigenvalue weighted by molar-refractivity contribution is -0.139. The second-order valence-electron chi connectivity index (χ2n) is 9.29. The van der Waals surface area contributed by atoms with Gasteiger partial charge in [-0.3, -0.25) is 14.4 Å². The van der Waals surface area contributed by atoms with Gasteiger partial charge in [0.25, 0.3) is 5.91 Å². The average molecular weight is 770 g/mol. The van der Waals surface area contributed by atoms with Gasteiger partial charge in [-0.05, 0) is 42.0 Å². The molecule has 1 heterocycles. The molecule has 0 bridgehead atoms. The minimum absolute atomic E-state index is 0.0308. The van der Waals surface area contributed by atoms with Gasteiger partial charge in [0.2, 0.25) is 10.0 Å². The molecule has 3 N–H and O–H groups in total. The molecular weight excluding hydrogens is 744 g/mol. The number of carbonyl (C=O) groups excluding carboxylic acids is 3. The molecule has 0 radical (unpaired) electrons. The molecule has 0 saturated heterocycles. The van der Waals surface area contributed by atoms with E-state index in [2.05, 4.69) is 10.0 Å². The summed E-state index contributed by atoms with van der Waals surface area (Å²) in [7, 11) is -4.96. The normalized spacial score (nSPS) is 12.3. The number of halogens is 2. The van der Waals surface area contributed by atoms with Crippen molar-refractivity contribution in [1.29, 1.82) is 0 Å². The molecule has 0 aliphatic carbocycles. The van der Waals surface area contributed by atoms with E-state index >= 15 is 0 Å². The Labute approximate surface area is 286 Å². The van der Waals surface area contributed by atoms with E-state index in [0.717, 1.165) is 17.6 Å². The number of hydrogen-bond acceptors (Lipinski definition) is 12. The van der Waals surface area contributed by atoms with Gasteiger partial charge in [0.15, 0.2) is 22.2 Å². The fourth-order valence-corrected chi connectivity index (χ4v) is 9.21. The molecule has 0 saturated carbocycles. The number of benzene rings is 2. The van der Waals surface area contributed by atoms with Crippen molar-refractivity contribution in [3.8, 4) is 0 Å². The van der Waals surface area contributed by atoms with E-state index in [1.165, 1.54) is 70.1 Å². The topological polar surface area (TPSA) is 190 Å². The summed E-state index contributed by atoms with van der Waals surface area (Å²) in [6.45, 7) is -0.634. The molecule has 0 aliphatic rings. The molecule has 3 rings (SSSR count). The first kappa shape index (κ1) is 37.8. The highest BCUT2D eigenvalue weighted by Crippen LogP contribution is 2.27. The van der Waals surface area contributed by atoms with Crippen LogP contribution in [0.5, 0.6) is 0 Å². The van der Waals surface area contributed by atoms with Crippen molar-refractivity contribution in [2.24, 2.45) is 0 Å². The van der Waals surface area contributed by atoms with Gasteiger partial charge in [-0.1, -0.05) is 63.0 Å². The van der Waals surface area contributed by atoms with Gasteiger partial charge in [-0.15, -0.1) is 11.3 Å². The number of nitrogens with one attached hydrogen (secondary N) is 2. The van der Waals surface area contributed by atoms with E-state index < -0.39 is 62.6 Å². The Morgan fingerprint density at radius 1 is 0.978 bits per heavy atom. The number of Topliss-reactive ketones (excluding diaryl/α,β-unsaturated/α-hetero) is 1. The summed E-state index contributed by atoms with van der Waals surface area (Å²) < 4.78 is 56.5. The van der Waals surface area contributed by atoms with Crippen LogP contribution in [0.2, 0.25) is 10.0 Å². The maximum absolute atomic E-state index is 13.1. The number of carbonyl (C=O) groups is 4. The van der Waals surface area contributed by atoms with Crippen LogP contribution in [0.3, 0.4) is 0 Å². The third-order valence-corrected chi connectivity index (χ3v) is 13.1. The number of thiophene rings is 1. The van der Waals surface area contributed by atoms with Crippen LogP contribution in [-0.4, -0.2) is 76.8 Å². The van der Waals surface area contributed by atoms with E-state index in [4.69, 9.17) is 27.9 Å². The highest BCUT2D eigenvalue weighted by Gasteiger charge is 2.29. The molecule has 3 aromatic rings. The number of amides is 1. The highest BCUT2D eigenvalue weighted by molar-refractivity contribution is 8.76. The SMILES string of the molecule is CS(=O)(=O)c1ccc(C(=O)NCCSSCc2cccc(S(=O)(=O)N[C@@H](CC(=O)O)C(=O)COC(=O)c3c(Cl)cccc3Cl)c2)s1. The number of ether oxygens (including phenoxy) is 1. The minimum atomic E-state index is -4.38. The van der Waals surface area contributed by atoms with E-state index in [0.29, 0.717) is 23.6 Å². The predicted molar refractivity (Wildman–Crippen MR) is 178 cm³/mol. The van der Waals surface area contributed by atoms with Crippen molar-refractivity contribution in [1.82, 2.24) is 10.0 Å². The number of carboxylic acid groups (broad SMARTS) is 1. The molecule has 0 spiro atoms. The predicted octanol–water partition coefficient (Wildman–Crippen LogP) is 4.32. The summed E-state index contributed by atoms with van der Waals surface area (Å²) in [4.78, 5) is 48.9. The lowest BCUT2D eigenvalue weighted by Gasteiger charge is -2.17. The summed E-state index contributed by atoms with van der Waals surface area (Å²) in [6, 6.07) is 11.2. The number of sulfone groups is 1.